The molecule has 0 saturated carbocycles. The van der Waals surface area contributed by atoms with Gasteiger partial charge in [-0.05, 0) is 37.6 Å². The van der Waals surface area contributed by atoms with Crippen molar-refractivity contribution in [3.8, 4) is 0 Å². The number of sulfonamides is 1. The fraction of sp³-hybridized carbons (Fsp3) is 0.571. The third-order valence-corrected chi connectivity index (χ3v) is 5.92. The summed E-state index contributed by atoms with van der Waals surface area (Å²) in [7, 11) is -0.0764. The number of halogens is 1. The summed E-state index contributed by atoms with van der Waals surface area (Å²) in [5, 5.41) is 3.46. The van der Waals surface area contributed by atoms with Gasteiger partial charge in [0.1, 0.15) is 0 Å². The van der Waals surface area contributed by atoms with E-state index >= 15 is 0 Å². The highest BCUT2D eigenvalue weighted by Gasteiger charge is 2.30. The zero-order valence-electron chi connectivity index (χ0n) is 12.3. The number of hydrogen-bond acceptors (Lipinski definition) is 4. The molecular weight excluding hydrogens is 312 g/mol. The van der Waals surface area contributed by atoms with Crippen molar-refractivity contribution in [2.45, 2.75) is 30.4 Å². The highest BCUT2D eigenvalue weighted by atomic mass is 35.5. The number of benzene rings is 1. The SMILES string of the molecule is CNCc1ccc(S(=O)(=O)N2CCCC(OC)C2)cc1Cl. The van der Waals surface area contributed by atoms with Gasteiger partial charge in [0.15, 0.2) is 0 Å². The van der Waals surface area contributed by atoms with Crippen molar-refractivity contribution in [1.29, 1.82) is 0 Å². The zero-order valence-corrected chi connectivity index (χ0v) is 13.9. The molecule has 2 rings (SSSR count). The van der Waals surface area contributed by atoms with Crippen LogP contribution in [0.5, 0.6) is 0 Å². The number of nitrogens with one attached hydrogen (secondary N) is 1. The van der Waals surface area contributed by atoms with Crippen LogP contribution < -0.4 is 5.32 Å². The molecule has 1 unspecified atom stereocenters. The average Bonchev–Trinajstić information content (AvgIpc) is 2.49. The van der Waals surface area contributed by atoms with Crippen LogP contribution in [0.2, 0.25) is 5.02 Å². The van der Waals surface area contributed by atoms with Crippen LogP contribution in [0.1, 0.15) is 18.4 Å². The van der Waals surface area contributed by atoms with Gasteiger partial charge < -0.3 is 10.1 Å². The van der Waals surface area contributed by atoms with Crippen LogP contribution in [-0.4, -0.2) is 46.1 Å². The molecule has 1 aromatic carbocycles. The number of nitrogens with zero attached hydrogens (tertiary/aromatic N) is 1. The number of methoxy groups -OCH3 is 1. The number of hydrogen-bond donors (Lipinski definition) is 1. The standard InChI is InChI=1S/C14H21ClN2O3S/c1-16-9-11-5-6-13(8-14(11)15)21(18,19)17-7-3-4-12(10-17)20-2/h5-6,8,12,16H,3-4,7,9-10H2,1-2H3. The summed E-state index contributed by atoms with van der Waals surface area (Å²) in [4.78, 5) is 0.240. The monoisotopic (exact) mass is 332 g/mol. The Labute approximate surface area is 131 Å². The molecule has 0 aliphatic carbocycles. The molecule has 1 saturated heterocycles. The maximum atomic E-state index is 12.7. The maximum absolute atomic E-state index is 12.7. The topological polar surface area (TPSA) is 58.6 Å². The van der Waals surface area contributed by atoms with E-state index in [4.69, 9.17) is 16.3 Å². The van der Waals surface area contributed by atoms with Crippen molar-refractivity contribution < 1.29 is 13.2 Å². The number of rotatable bonds is 5. The van der Waals surface area contributed by atoms with Crippen LogP contribution in [0.3, 0.4) is 0 Å². The van der Waals surface area contributed by atoms with Crippen LogP contribution in [0.15, 0.2) is 23.1 Å². The normalized spacial score (nSPS) is 20.6. The van der Waals surface area contributed by atoms with Crippen LogP contribution in [-0.2, 0) is 21.3 Å². The summed E-state index contributed by atoms with van der Waals surface area (Å²) in [5.41, 5.74) is 0.881. The second-order valence-corrected chi connectivity index (χ2v) is 7.49. The van der Waals surface area contributed by atoms with Crippen molar-refractivity contribution >= 4 is 21.6 Å². The predicted molar refractivity (Wildman–Crippen MR) is 83.0 cm³/mol. The third kappa shape index (κ3) is 3.76. The van der Waals surface area contributed by atoms with Gasteiger partial charge in [0.05, 0.1) is 11.0 Å². The van der Waals surface area contributed by atoms with Crippen molar-refractivity contribution in [1.82, 2.24) is 9.62 Å². The fourth-order valence-corrected chi connectivity index (χ4v) is 4.34. The summed E-state index contributed by atoms with van der Waals surface area (Å²) in [6.45, 7) is 1.53. The quantitative estimate of drug-likeness (QED) is 0.894. The third-order valence-electron chi connectivity index (χ3n) is 3.70. The lowest BCUT2D eigenvalue weighted by Crippen LogP contribution is -2.42. The van der Waals surface area contributed by atoms with E-state index in [1.54, 1.807) is 19.2 Å². The molecule has 1 aliphatic rings. The van der Waals surface area contributed by atoms with E-state index in [1.807, 2.05) is 7.05 Å². The average molecular weight is 333 g/mol. The first-order valence-electron chi connectivity index (χ1n) is 6.95. The van der Waals surface area contributed by atoms with Crippen molar-refractivity contribution in [2.75, 3.05) is 27.2 Å². The molecule has 0 radical (unpaired) electrons. The lowest BCUT2D eigenvalue weighted by atomic mass is 10.1. The van der Waals surface area contributed by atoms with E-state index in [-0.39, 0.29) is 11.0 Å². The van der Waals surface area contributed by atoms with Gasteiger partial charge in [-0.3, -0.25) is 0 Å². The largest absolute Gasteiger partial charge is 0.380 e. The first-order chi connectivity index (χ1) is 9.98. The van der Waals surface area contributed by atoms with Gasteiger partial charge in [-0.2, -0.15) is 4.31 Å². The van der Waals surface area contributed by atoms with Gasteiger partial charge in [0.25, 0.3) is 0 Å². The van der Waals surface area contributed by atoms with Crippen LogP contribution in [0, 0.1) is 0 Å². The molecule has 0 bridgehead atoms. The molecule has 0 amide bonds. The molecular formula is C14H21ClN2O3S. The summed E-state index contributed by atoms with van der Waals surface area (Å²) in [6.07, 6.45) is 1.67. The zero-order chi connectivity index (χ0) is 15.5. The summed E-state index contributed by atoms with van der Waals surface area (Å²) < 4.78 is 32.1. The number of piperidine rings is 1. The van der Waals surface area contributed by atoms with E-state index in [0.29, 0.717) is 24.7 Å². The molecule has 7 heteroatoms. The van der Waals surface area contributed by atoms with Gasteiger partial charge in [-0.25, -0.2) is 8.42 Å². The highest BCUT2D eigenvalue weighted by Crippen LogP contribution is 2.25. The Bertz CT molecular complexity index is 592. The first kappa shape index (κ1) is 16.7. The van der Waals surface area contributed by atoms with E-state index in [1.165, 1.54) is 10.4 Å². The second kappa shape index (κ2) is 7.07. The van der Waals surface area contributed by atoms with Gasteiger partial charge in [-0.15, -0.1) is 0 Å². The Hall–Kier alpha value is -0.660. The molecule has 0 spiro atoms. The summed E-state index contributed by atoms with van der Waals surface area (Å²) in [6, 6.07) is 4.90. The highest BCUT2D eigenvalue weighted by molar-refractivity contribution is 7.89. The van der Waals surface area contributed by atoms with E-state index in [2.05, 4.69) is 5.32 Å². The number of ether oxygens (including phenoxy) is 1. The van der Waals surface area contributed by atoms with E-state index < -0.39 is 10.0 Å². The van der Waals surface area contributed by atoms with Gasteiger partial charge in [-0.1, -0.05) is 17.7 Å². The summed E-state index contributed by atoms with van der Waals surface area (Å²) in [5.74, 6) is 0. The Morgan fingerprint density at radius 2 is 2.24 bits per heavy atom. The lowest BCUT2D eigenvalue weighted by molar-refractivity contribution is 0.0572. The maximum Gasteiger partial charge on any atom is 0.243 e. The second-order valence-electron chi connectivity index (χ2n) is 5.15. The van der Waals surface area contributed by atoms with Crippen molar-refractivity contribution in [3.63, 3.8) is 0 Å². The van der Waals surface area contributed by atoms with Crippen molar-refractivity contribution in [3.05, 3.63) is 28.8 Å². The molecule has 1 atom stereocenters. The molecule has 1 N–H and O–H groups in total. The van der Waals surface area contributed by atoms with Gasteiger partial charge >= 0.3 is 0 Å². The molecule has 1 aliphatic heterocycles. The van der Waals surface area contributed by atoms with E-state index in [9.17, 15) is 8.42 Å². The fourth-order valence-electron chi connectivity index (χ4n) is 2.49. The van der Waals surface area contributed by atoms with Gasteiger partial charge in [0, 0.05) is 31.8 Å². The molecule has 0 aromatic heterocycles. The minimum Gasteiger partial charge on any atom is -0.380 e. The molecule has 5 nitrogen and oxygen atoms in total. The van der Waals surface area contributed by atoms with Crippen LogP contribution in [0.25, 0.3) is 0 Å². The lowest BCUT2D eigenvalue weighted by Gasteiger charge is -2.31. The van der Waals surface area contributed by atoms with Crippen molar-refractivity contribution in [2.24, 2.45) is 0 Å². The van der Waals surface area contributed by atoms with Gasteiger partial charge in [0.2, 0.25) is 10.0 Å². The summed E-state index contributed by atoms with van der Waals surface area (Å²) >= 11 is 6.16. The Balaban J connectivity index is 2.25. The first-order valence-corrected chi connectivity index (χ1v) is 8.77. The van der Waals surface area contributed by atoms with Crippen LogP contribution >= 0.6 is 11.6 Å². The minimum absolute atomic E-state index is 0.0347. The Morgan fingerprint density at radius 3 is 2.86 bits per heavy atom. The van der Waals surface area contributed by atoms with E-state index in [0.717, 1.165) is 18.4 Å². The van der Waals surface area contributed by atoms with Crippen LogP contribution in [0.4, 0.5) is 0 Å². The Morgan fingerprint density at radius 1 is 1.48 bits per heavy atom. The molecule has 118 valence electrons. The molecule has 1 fully saturated rings. The smallest absolute Gasteiger partial charge is 0.243 e. The molecule has 1 aromatic rings. The Kier molecular flexibility index (Phi) is 5.62. The molecule has 1 heterocycles. The molecule has 21 heavy (non-hydrogen) atoms. The predicted octanol–water partition coefficient (Wildman–Crippen LogP) is 1.86. The minimum atomic E-state index is -3.51.